The van der Waals surface area contributed by atoms with Gasteiger partial charge in [0.05, 0.1) is 12.7 Å². The Balaban J connectivity index is 2.00. The SMILES string of the molecule is COC(=O)c1ccccc1-c1cc2[nH]c3ccccc3c2cc1Br. The minimum absolute atomic E-state index is 0.339. The van der Waals surface area contributed by atoms with Gasteiger partial charge < -0.3 is 9.72 Å². The molecule has 1 aromatic heterocycles. The van der Waals surface area contributed by atoms with E-state index < -0.39 is 0 Å². The Morgan fingerprint density at radius 3 is 2.50 bits per heavy atom. The van der Waals surface area contributed by atoms with Gasteiger partial charge in [0.2, 0.25) is 0 Å². The van der Waals surface area contributed by atoms with Crippen LogP contribution in [0.3, 0.4) is 0 Å². The quantitative estimate of drug-likeness (QED) is 0.464. The molecule has 0 atom stereocenters. The van der Waals surface area contributed by atoms with Crippen molar-refractivity contribution < 1.29 is 9.53 Å². The molecule has 4 heteroatoms. The first-order chi connectivity index (χ1) is 11.7. The summed E-state index contributed by atoms with van der Waals surface area (Å²) < 4.78 is 5.85. The number of rotatable bonds is 2. The number of carbonyl (C=O) groups is 1. The first-order valence-corrected chi connectivity index (χ1v) is 8.36. The number of ether oxygens (including phenoxy) is 1. The van der Waals surface area contributed by atoms with Crippen LogP contribution in [0.5, 0.6) is 0 Å². The van der Waals surface area contributed by atoms with E-state index >= 15 is 0 Å². The number of aromatic amines is 1. The topological polar surface area (TPSA) is 42.1 Å². The Morgan fingerprint density at radius 2 is 1.67 bits per heavy atom. The van der Waals surface area contributed by atoms with Gasteiger partial charge in [0.15, 0.2) is 0 Å². The molecule has 118 valence electrons. The van der Waals surface area contributed by atoms with Crippen molar-refractivity contribution in [1.29, 1.82) is 0 Å². The van der Waals surface area contributed by atoms with Crippen LogP contribution in [-0.2, 0) is 4.74 Å². The fourth-order valence-corrected chi connectivity index (χ4v) is 3.64. The van der Waals surface area contributed by atoms with Gasteiger partial charge in [0.25, 0.3) is 0 Å². The van der Waals surface area contributed by atoms with E-state index in [9.17, 15) is 4.79 Å². The standard InChI is InChI=1S/C20H14BrNO2/c1-24-20(23)14-8-3-2-6-12(14)15-11-19-16(10-17(15)21)13-7-4-5-9-18(13)22-19/h2-11,22H,1H3. The second-order valence-corrected chi connectivity index (χ2v) is 6.44. The van der Waals surface area contributed by atoms with Crippen molar-refractivity contribution in [2.45, 2.75) is 0 Å². The number of fused-ring (bicyclic) bond motifs is 3. The van der Waals surface area contributed by atoms with Crippen LogP contribution in [0.2, 0.25) is 0 Å². The highest BCUT2D eigenvalue weighted by atomic mass is 79.9. The maximum Gasteiger partial charge on any atom is 0.338 e. The predicted molar refractivity (Wildman–Crippen MR) is 100 cm³/mol. The lowest BCUT2D eigenvalue weighted by Crippen LogP contribution is -2.03. The minimum atomic E-state index is -0.339. The molecule has 0 amide bonds. The highest BCUT2D eigenvalue weighted by molar-refractivity contribution is 9.10. The van der Waals surface area contributed by atoms with E-state index in [-0.39, 0.29) is 5.97 Å². The summed E-state index contributed by atoms with van der Waals surface area (Å²) in [6, 6.07) is 19.8. The first-order valence-electron chi connectivity index (χ1n) is 7.56. The molecule has 0 radical (unpaired) electrons. The average Bonchev–Trinajstić information content (AvgIpc) is 2.98. The van der Waals surface area contributed by atoms with E-state index in [1.54, 1.807) is 6.07 Å². The average molecular weight is 380 g/mol. The molecule has 24 heavy (non-hydrogen) atoms. The second kappa shape index (κ2) is 5.80. The lowest BCUT2D eigenvalue weighted by atomic mass is 9.98. The van der Waals surface area contributed by atoms with Gasteiger partial charge in [0, 0.05) is 26.3 Å². The molecule has 0 saturated carbocycles. The number of hydrogen-bond donors (Lipinski definition) is 1. The van der Waals surface area contributed by atoms with E-state index in [1.807, 2.05) is 30.3 Å². The number of esters is 1. The Bertz CT molecular complexity index is 1080. The molecule has 0 saturated heterocycles. The third-order valence-corrected chi connectivity index (χ3v) is 4.87. The fourth-order valence-electron chi connectivity index (χ4n) is 3.08. The summed E-state index contributed by atoms with van der Waals surface area (Å²) >= 11 is 3.66. The van der Waals surface area contributed by atoms with Crippen molar-refractivity contribution in [3.8, 4) is 11.1 Å². The Hall–Kier alpha value is -2.59. The molecule has 1 heterocycles. The number of nitrogens with one attached hydrogen (secondary N) is 1. The second-order valence-electron chi connectivity index (χ2n) is 5.59. The molecule has 0 bridgehead atoms. The summed E-state index contributed by atoms with van der Waals surface area (Å²) in [6.07, 6.45) is 0. The van der Waals surface area contributed by atoms with Gasteiger partial charge in [-0.3, -0.25) is 0 Å². The van der Waals surface area contributed by atoms with Crippen LogP contribution in [0.1, 0.15) is 10.4 Å². The largest absolute Gasteiger partial charge is 0.465 e. The predicted octanol–water partition coefficient (Wildman–Crippen LogP) is 5.54. The lowest BCUT2D eigenvalue weighted by Gasteiger charge is -2.10. The molecule has 4 aromatic rings. The number of methoxy groups -OCH3 is 1. The molecule has 0 spiro atoms. The molecule has 3 aromatic carbocycles. The number of aromatic nitrogens is 1. The number of H-pyrrole nitrogens is 1. The van der Waals surface area contributed by atoms with E-state index in [4.69, 9.17) is 4.74 Å². The van der Waals surface area contributed by atoms with Crippen LogP contribution >= 0.6 is 15.9 Å². The summed E-state index contributed by atoms with van der Waals surface area (Å²) in [7, 11) is 1.40. The van der Waals surface area contributed by atoms with Gasteiger partial charge in [-0.25, -0.2) is 4.79 Å². The molecule has 0 aliphatic heterocycles. The number of halogens is 1. The van der Waals surface area contributed by atoms with Crippen molar-refractivity contribution in [3.05, 3.63) is 70.7 Å². The van der Waals surface area contributed by atoms with Crippen molar-refractivity contribution >= 4 is 43.7 Å². The van der Waals surface area contributed by atoms with Crippen LogP contribution in [-0.4, -0.2) is 18.1 Å². The summed E-state index contributed by atoms with van der Waals surface area (Å²) in [6.45, 7) is 0. The number of hydrogen-bond acceptors (Lipinski definition) is 2. The maximum absolute atomic E-state index is 12.1. The summed E-state index contributed by atoms with van der Waals surface area (Å²) in [5.41, 5.74) is 4.48. The van der Waals surface area contributed by atoms with Crippen LogP contribution in [0.25, 0.3) is 32.9 Å². The number of carbonyl (C=O) groups excluding carboxylic acids is 1. The van der Waals surface area contributed by atoms with Gasteiger partial charge >= 0.3 is 5.97 Å². The van der Waals surface area contributed by atoms with Crippen molar-refractivity contribution in [2.24, 2.45) is 0 Å². The van der Waals surface area contributed by atoms with E-state index in [1.165, 1.54) is 12.5 Å². The molecular formula is C20H14BrNO2. The molecule has 0 aliphatic rings. The highest BCUT2D eigenvalue weighted by Crippen LogP contribution is 2.37. The van der Waals surface area contributed by atoms with Gasteiger partial charge in [-0.05, 0) is 35.4 Å². The highest BCUT2D eigenvalue weighted by Gasteiger charge is 2.16. The summed E-state index contributed by atoms with van der Waals surface area (Å²) in [5.74, 6) is -0.339. The van der Waals surface area contributed by atoms with Gasteiger partial charge in [-0.2, -0.15) is 0 Å². The number of benzene rings is 3. The smallest absolute Gasteiger partial charge is 0.338 e. The molecule has 3 nitrogen and oxygen atoms in total. The Labute approximate surface area is 147 Å². The molecule has 0 unspecified atom stereocenters. The summed E-state index contributed by atoms with van der Waals surface area (Å²) in [4.78, 5) is 15.5. The zero-order valence-corrected chi connectivity index (χ0v) is 14.6. The zero-order chi connectivity index (χ0) is 16.7. The molecule has 4 rings (SSSR count). The van der Waals surface area contributed by atoms with Crippen LogP contribution in [0.4, 0.5) is 0 Å². The van der Waals surface area contributed by atoms with Crippen LogP contribution in [0, 0.1) is 0 Å². The fraction of sp³-hybridized carbons (Fsp3) is 0.0500. The normalized spacial score (nSPS) is 11.1. The lowest BCUT2D eigenvalue weighted by molar-refractivity contribution is 0.0601. The van der Waals surface area contributed by atoms with Gasteiger partial charge in [0.1, 0.15) is 0 Å². The molecule has 1 N–H and O–H groups in total. The zero-order valence-electron chi connectivity index (χ0n) is 13.0. The third-order valence-electron chi connectivity index (χ3n) is 4.22. The minimum Gasteiger partial charge on any atom is -0.465 e. The monoisotopic (exact) mass is 379 g/mol. The Kier molecular flexibility index (Phi) is 3.62. The van der Waals surface area contributed by atoms with Crippen molar-refractivity contribution in [1.82, 2.24) is 4.98 Å². The third kappa shape index (κ3) is 2.31. The Morgan fingerprint density at radius 1 is 0.917 bits per heavy atom. The van der Waals surface area contributed by atoms with Gasteiger partial charge in [-0.15, -0.1) is 0 Å². The first kappa shape index (κ1) is 15.0. The van der Waals surface area contributed by atoms with Crippen LogP contribution < -0.4 is 0 Å². The number of para-hydroxylation sites is 1. The van der Waals surface area contributed by atoms with Gasteiger partial charge in [-0.1, -0.05) is 52.3 Å². The van der Waals surface area contributed by atoms with Crippen molar-refractivity contribution in [2.75, 3.05) is 7.11 Å². The summed E-state index contributed by atoms with van der Waals surface area (Å²) in [5, 5.41) is 2.33. The van der Waals surface area contributed by atoms with Crippen LogP contribution in [0.15, 0.2) is 65.1 Å². The maximum atomic E-state index is 12.1. The van der Waals surface area contributed by atoms with E-state index in [0.29, 0.717) is 5.56 Å². The van der Waals surface area contributed by atoms with E-state index in [2.05, 4.69) is 45.2 Å². The molecule has 0 fully saturated rings. The molecule has 0 aliphatic carbocycles. The van der Waals surface area contributed by atoms with E-state index in [0.717, 1.165) is 32.0 Å². The van der Waals surface area contributed by atoms with Crippen molar-refractivity contribution in [3.63, 3.8) is 0 Å². The molecular weight excluding hydrogens is 366 g/mol.